The molecule has 1 amide bonds. The maximum Gasteiger partial charge on any atom is 0.257 e. The number of aryl methyl sites for hydroxylation is 2. The van der Waals surface area contributed by atoms with Crippen LogP contribution in [0.25, 0.3) is 0 Å². The second-order valence-corrected chi connectivity index (χ2v) is 8.68. The molecule has 0 unspecified atom stereocenters. The minimum absolute atomic E-state index is 0.0790. The van der Waals surface area contributed by atoms with Gasteiger partial charge in [0.25, 0.3) is 5.91 Å². The zero-order chi connectivity index (χ0) is 21.8. The Kier molecular flexibility index (Phi) is 6.87. The van der Waals surface area contributed by atoms with Gasteiger partial charge in [-0.05, 0) is 69.5 Å². The zero-order valence-corrected chi connectivity index (χ0v) is 18.8. The predicted octanol–water partition coefficient (Wildman–Crippen LogP) is 5.84. The normalized spacial score (nSPS) is 11.0. The van der Waals surface area contributed by atoms with Gasteiger partial charge in [-0.2, -0.15) is 0 Å². The molecule has 0 aliphatic heterocycles. The van der Waals surface area contributed by atoms with Crippen molar-refractivity contribution in [2.75, 3.05) is 0 Å². The highest BCUT2D eigenvalue weighted by Crippen LogP contribution is 2.25. The van der Waals surface area contributed by atoms with Crippen molar-refractivity contribution in [3.63, 3.8) is 0 Å². The maximum atomic E-state index is 14.1. The van der Waals surface area contributed by atoms with Gasteiger partial charge in [-0.3, -0.25) is 4.79 Å². The van der Waals surface area contributed by atoms with E-state index >= 15 is 0 Å². The molecule has 1 heterocycles. The number of hydrogen-bond acceptors (Lipinski definition) is 4. The fourth-order valence-electron chi connectivity index (χ4n) is 3.23. The molecule has 158 valence electrons. The summed E-state index contributed by atoms with van der Waals surface area (Å²) >= 11 is 1.50. The lowest BCUT2D eigenvalue weighted by atomic mass is 10.1. The van der Waals surface area contributed by atoms with Gasteiger partial charge in [0.2, 0.25) is 0 Å². The van der Waals surface area contributed by atoms with E-state index in [0.29, 0.717) is 13.2 Å². The van der Waals surface area contributed by atoms with Crippen LogP contribution in [-0.4, -0.2) is 21.8 Å². The molecule has 0 aliphatic carbocycles. The van der Waals surface area contributed by atoms with Gasteiger partial charge in [0.15, 0.2) is 0 Å². The van der Waals surface area contributed by atoms with Gasteiger partial charge in [-0.25, -0.2) is 9.37 Å². The molecule has 0 spiro atoms. The molecular weight excluding hydrogens is 399 g/mol. The summed E-state index contributed by atoms with van der Waals surface area (Å²) in [7, 11) is 0. The molecular formula is C24H27FN2O2S. The zero-order valence-electron chi connectivity index (χ0n) is 18.0. The van der Waals surface area contributed by atoms with Crippen LogP contribution in [0.5, 0.6) is 5.75 Å². The summed E-state index contributed by atoms with van der Waals surface area (Å²) in [5.74, 6) is 0.0203. The molecule has 0 N–H and O–H groups in total. The van der Waals surface area contributed by atoms with Crippen LogP contribution in [0.15, 0.2) is 41.8 Å². The summed E-state index contributed by atoms with van der Waals surface area (Å²) in [5, 5.41) is 2.77. The van der Waals surface area contributed by atoms with Crippen molar-refractivity contribution in [3.8, 4) is 5.75 Å². The third-order valence-corrected chi connectivity index (χ3v) is 5.91. The smallest absolute Gasteiger partial charge is 0.257 e. The van der Waals surface area contributed by atoms with E-state index in [4.69, 9.17) is 4.74 Å². The molecule has 0 saturated heterocycles. The minimum Gasteiger partial charge on any atom is -0.486 e. The topological polar surface area (TPSA) is 42.4 Å². The Morgan fingerprint density at radius 3 is 2.63 bits per heavy atom. The summed E-state index contributed by atoms with van der Waals surface area (Å²) in [6.45, 7) is 10.7. The number of carbonyl (C=O) groups is 1. The average Bonchev–Trinajstić information content (AvgIpc) is 3.15. The largest absolute Gasteiger partial charge is 0.486 e. The first kappa shape index (κ1) is 22.0. The first-order valence-electron chi connectivity index (χ1n) is 9.95. The predicted molar refractivity (Wildman–Crippen MR) is 119 cm³/mol. The number of amides is 1. The number of nitrogens with zero attached hydrogens (tertiary/aromatic N) is 2. The second-order valence-electron chi connectivity index (χ2n) is 7.73. The van der Waals surface area contributed by atoms with Crippen LogP contribution >= 0.6 is 11.3 Å². The van der Waals surface area contributed by atoms with Crippen LogP contribution in [-0.2, 0) is 13.2 Å². The summed E-state index contributed by atoms with van der Waals surface area (Å²) in [4.78, 5) is 19.1. The third kappa shape index (κ3) is 5.05. The summed E-state index contributed by atoms with van der Waals surface area (Å²) < 4.78 is 20.1. The van der Waals surface area contributed by atoms with Crippen LogP contribution in [0.2, 0.25) is 0 Å². The molecule has 0 radical (unpaired) electrons. The highest BCUT2D eigenvalue weighted by Gasteiger charge is 2.22. The number of aromatic nitrogens is 1. The molecule has 3 rings (SSSR count). The monoisotopic (exact) mass is 426 g/mol. The van der Waals surface area contributed by atoms with Crippen LogP contribution in [0, 0.1) is 26.6 Å². The maximum absolute atomic E-state index is 14.1. The first-order valence-corrected chi connectivity index (χ1v) is 10.8. The Hall–Kier alpha value is -2.73. The average molecular weight is 427 g/mol. The number of thiazole rings is 1. The molecule has 0 bridgehead atoms. The lowest BCUT2D eigenvalue weighted by molar-refractivity contribution is 0.0683. The Balaban J connectivity index is 1.70. The van der Waals surface area contributed by atoms with E-state index in [2.05, 4.69) is 18.0 Å². The van der Waals surface area contributed by atoms with Crippen LogP contribution < -0.4 is 4.74 Å². The van der Waals surface area contributed by atoms with Gasteiger partial charge in [0.1, 0.15) is 23.2 Å². The van der Waals surface area contributed by atoms with Gasteiger partial charge < -0.3 is 9.64 Å². The Morgan fingerprint density at radius 2 is 1.93 bits per heavy atom. The van der Waals surface area contributed by atoms with Crippen molar-refractivity contribution in [2.24, 2.45) is 0 Å². The fraction of sp³-hybridized carbons (Fsp3) is 0.333. The Bertz CT molecular complexity index is 1050. The molecule has 4 nitrogen and oxygen atoms in total. The van der Waals surface area contributed by atoms with E-state index < -0.39 is 5.82 Å². The molecule has 2 aromatic carbocycles. The molecule has 3 aromatic rings. The first-order chi connectivity index (χ1) is 14.3. The molecule has 1 aromatic heterocycles. The quantitative estimate of drug-likeness (QED) is 0.477. The van der Waals surface area contributed by atoms with Crippen molar-refractivity contribution >= 4 is 17.2 Å². The fourth-order valence-corrected chi connectivity index (χ4v) is 3.93. The van der Waals surface area contributed by atoms with Crippen LogP contribution in [0.4, 0.5) is 4.39 Å². The Labute approximate surface area is 181 Å². The molecule has 6 heteroatoms. The lowest BCUT2D eigenvalue weighted by Crippen LogP contribution is -2.37. The number of ether oxygens (including phenoxy) is 1. The van der Waals surface area contributed by atoms with E-state index in [1.54, 1.807) is 17.0 Å². The number of rotatable bonds is 7. The number of halogens is 1. The van der Waals surface area contributed by atoms with Gasteiger partial charge >= 0.3 is 0 Å². The highest BCUT2D eigenvalue weighted by molar-refractivity contribution is 7.09. The lowest BCUT2D eigenvalue weighted by Gasteiger charge is -2.26. The van der Waals surface area contributed by atoms with E-state index in [1.807, 2.05) is 39.1 Å². The van der Waals surface area contributed by atoms with E-state index in [1.165, 1.54) is 29.0 Å². The SMILES string of the molecule is Cc1cc(C)c(C)c(OCc2nc(CN(C(=O)c3ccccc3F)C(C)C)cs2)c1. The number of benzene rings is 2. The van der Waals surface area contributed by atoms with E-state index in [9.17, 15) is 9.18 Å². The van der Waals surface area contributed by atoms with Crippen molar-refractivity contribution in [1.82, 2.24) is 9.88 Å². The van der Waals surface area contributed by atoms with Crippen molar-refractivity contribution in [2.45, 2.75) is 53.8 Å². The van der Waals surface area contributed by atoms with Gasteiger partial charge in [0.05, 0.1) is 17.8 Å². The molecule has 0 saturated carbocycles. The molecule has 0 atom stereocenters. The molecule has 30 heavy (non-hydrogen) atoms. The van der Waals surface area contributed by atoms with Crippen molar-refractivity contribution in [1.29, 1.82) is 0 Å². The van der Waals surface area contributed by atoms with Gasteiger partial charge in [-0.15, -0.1) is 11.3 Å². The van der Waals surface area contributed by atoms with E-state index in [-0.39, 0.29) is 17.5 Å². The minimum atomic E-state index is -0.510. The Morgan fingerprint density at radius 1 is 1.20 bits per heavy atom. The third-order valence-electron chi connectivity index (χ3n) is 5.04. The highest BCUT2D eigenvalue weighted by atomic mass is 32.1. The standard InChI is InChI=1S/C24H27FN2O2S/c1-15(2)27(24(28)20-8-6-7-9-21(20)25)12-19-14-30-23(26-19)13-29-22-11-16(3)10-17(4)18(22)5/h6-11,14-15H,12-13H2,1-5H3. The van der Waals surface area contributed by atoms with Crippen molar-refractivity contribution < 1.29 is 13.9 Å². The second kappa shape index (κ2) is 9.39. The number of hydrogen-bond donors (Lipinski definition) is 0. The van der Waals surface area contributed by atoms with Crippen LogP contribution in [0.3, 0.4) is 0 Å². The van der Waals surface area contributed by atoms with E-state index in [0.717, 1.165) is 27.6 Å². The molecule has 0 fully saturated rings. The van der Waals surface area contributed by atoms with Crippen molar-refractivity contribution in [3.05, 3.63) is 80.6 Å². The van der Waals surface area contributed by atoms with Crippen LogP contribution in [0.1, 0.15) is 51.6 Å². The van der Waals surface area contributed by atoms with Gasteiger partial charge in [-0.1, -0.05) is 18.2 Å². The summed E-state index contributed by atoms with van der Waals surface area (Å²) in [6, 6.07) is 10.1. The summed E-state index contributed by atoms with van der Waals surface area (Å²) in [5.41, 5.74) is 4.33. The van der Waals surface area contributed by atoms with Gasteiger partial charge in [0, 0.05) is 11.4 Å². The number of carbonyl (C=O) groups excluding carboxylic acids is 1. The molecule has 0 aliphatic rings. The summed E-state index contributed by atoms with van der Waals surface area (Å²) in [6.07, 6.45) is 0.